The molecule has 0 heterocycles. The average Bonchev–Trinajstić information content (AvgIpc) is 3.05. The molecule has 3 aliphatic carbocycles. The Bertz CT molecular complexity index is 173. The summed E-state index contributed by atoms with van der Waals surface area (Å²) in [6.07, 6.45) is 18.4. The first-order chi connectivity index (χ1) is 8.23. The van der Waals surface area contributed by atoms with Gasteiger partial charge in [-0.15, -0.1) is 0 Å². The van der Waals surface area contributed by atoms with Gasteiger partial charge in [0.15, 0.2) is 0 Å². The molecule has 3 saturated carbocycles. The largest absolute Gasteiger partial charge is 0.328 e. The predicted octanol–water partition coefficient (Wildman–Crippen LogP) is 6.16. The molecular weight excluding hydrogens is 293 g/mol. The Morgan fingerprint density at radius 3 is 1.89 bits per heavy atom. The van der Waals surface area contributed by atoms with Crippen molar-refractivity contribution in [2.45, 2.75) is 91.4 Å². The number of hydrogen-bond donors (Lipinski definition) is 0. The van der Waals surface area contributed by atoms with E-state index in [1.54, 1.807) is 6.42 Å². The molecule has 0 amide bonds. The minimum Gasteiger partial charge on any atom is -0.328 e. The summed E-state index contributed by atoms with van der Waals surface area (Å²) in [5, 5.41) is 0. The van der Waals surface area contributed by atoms with Gasteiger partial charge in [-0.2, -0.15) is 12.8 Å². The fourth-order valence-corrected chi connectivity index (χ4v) is 3.08. The van der Waals surface area contributed by atoms with E-state index in [9.17, 15) is 0 Å². The second kappa shape index (κ2) is 10.8. The molecule has 3 aliphatic rings. The summed E-state index contributed by atoms with van der Waals surface area (Å²) in [6.45, 7) is 6.71. The van der Waals surface area contributed by atoms with Crippen LogP contribution in [-0.4, -0.2) is 0 Å². The zero-order valence-electron chi connectivity index (χ0n) is 13.0. The first-order valence-electron chi connectivity index (χ1n) is 8.04. The van der Waals surface area contributed by atoms with Crippen molar-refractivity contribution < 1.29 is 32.7 Å². The van der Waals surface area contributed by atoms with Crippen molar-refractivity contribution in [2.24, 2.45) is 11.3 Å². The summed E-state index contributed by atoms with van der Waals surface area (Å²) in [5.41, 5.74) is 0.845. The second-order valence-electron chi connectivity index (χ2n) is 6.43. The smallest absolute Gasteiger partial charge is 0 e. The van der Waals surface area contributed by atoms with Crippen molar-refractivity contribution >= 4 is 0 Å². The van der Waals surface area contributed by atoms with Gasteiger partial charge in [-0.3, -0.25) is 0 Å². The maximum atomic E-state index is 2.46. The van der Waals surface area contributed by atoms with E-state index >= 15 is 0 Å². The summed E-state index contributed by atoms with van der Waals surface area (Å²) >= 11 is 0. The second-order valence-corrected chi connectivity index (χ2v) is 6.43. The van der Waals surface area contributed by atoms with Gasteiger partial charge in [-0.05, 0) is 30.6 Å². The molecule has 0 nitrogen and oxygen atoms in total. The van der Waals surface area contributed by atoms with Crippen LogP contribution in [0.3, 0.4) is 0 Å². The summed E-state index contributed by atoms with van der Waals surface area (Å²) in [7, 11) is 0. The van der Waals surface area contributed by atoms with E-state index in [1.807, 2.05) is 0 Å². The Hall–Kier alpha value is 1.10. The van der Waals surface area contributed by atoms with Crippen LogP contribution < -0.4 is 0 Å². The SMILES string of the molecule is CC12CCCCC1C2.CCC.[CH-]1CCCCC1.[Y]. The first kappa shape index (κ1) is 19.1. The van der Waals surface area contributed by atoms with Crippen molar-refractivity contribution in [1.29, 1.82) is 0 Å². The number of fused-ring (bicyclic) bond motifs is 1. The van der Waals surface area contributed by atoms with Gasteiger partial charge in [-0.1, -0.05) is 59.3 Å². The van der Waals surface area contributed by atoms with E-state index in [0.29, 0.717) is 0 Å². The maximum absolute atomic E-state index is 2.46. The third kappa shape index (κ3) is 7.63. The van der Waals surface area contributed by atoms with Gasteiger partial charge in [-0.25, -0.2) is 0 Å². The van der Waals surface area contributed by atoms with Crippen LogP contribution in [0.5, 0.6) is 0 Å². The molecule has 0 aromatic rings. The summed E-state index contributed by atoms with van der Waals surface area (Å²) in [6, 6.07) is 0. The zero-order valence-corrected chi connectivity index (χ0v) is 15.8. The van der Waals surface area contributed by atoms with Crippen molar-refractivity contribution in [1.82, 2.24) is 0 Å². The van der Waals surface area contributed by atoms with Crippen molar-refractivity contribution in [3.8, 4) is 0 Å². The fourth-order valence-electron chi connectivity index (χ4n) is 3.08. The standard InChI is InChI=1S/C8H14.C6H11.C3H8.Y/c1-8-5-3-2-4-7(8)6-8;1-2-4-6-5-3-1;1-3-2;/h7H,2-6H2,1H3;1H,2-6H2;3H2,1-2H3;/q;-1;;. The van der Waals surface area contributed by atoms with Crippen LogP contribution in [0.15, 0.2) is 0 Å². The summed E-state index contributed by atoms with van der Waals surface area (Å²) < 4.78 is 0. The van der Waals surface area contributed by atoms with Gasteiger partial charge in [0, 0.05) is 32.7 Å². The first-order valence-corrected chi connectivity index (χ1v) is 8.04. The van der Waals surface area contributed by atoms with Crippen LogP contribution in [0.4, 0.5) is 0 Å². The molecule has 0 aromatic heterocycles. The number of rotatable bonds is 0. The Balaban J connectivity index is 0.000000261. The van der Waals surface area contributed by atoms with E-state index in [-0.39, 0.29) is 32.7 Å². The third-order valence-electron chi connectivity index (χ3n) is 4.41. The molecule has 1 radical (unpaired) electrons. The molecule has 0 N–H and O–H groups in total. The normalized spacial score (nSPS) is 32.5. The van der Waals surface area contributed by atoms with Crippen LogP contribution >= 0.6 is 0 Å². The third-order valence-corrected chi connectivity index (χ3v) is 4.41. The summed E-state index contributed by atoms with van der Waals surface area (Å²) in [4.78, 5) is 0. The molecule has 2 atom stereocenters. The minimum atomic E-state index is 0. The molecule has 3 rings (SSSR count). The molecule has 18 heavy (non-hydrogen) atoms. The van der Waals surface area contributed by atoms with Gasteiger partial charge in [0.2, 0.25) is 0 Å². The maximum Gasteiger partial charge on any atom is 0 e. The number of hydrogen-bond acceptors (Lipinski definition) is 0. The van der Waals surface area contributed by atoms with Crippen LogP contribution in [0.1, 0.15) is 91.4 Å². The minimum absolute atomic E-state index is 0. The van der Waals surface area contributed by atoms with Crippen LogP contribution in [0, 0.1) is 17.8 Å². The van der Waals surface area contributed by atoms with Gasteiger partial charge in [0.05, 0.1) is 0 Å². The van der Waals surface area contributed by atoms with Gasteiger partial charge in [0.1, 0.15) is 0 Å². The molecular formula is C17H33Y-. The Kier molecular flexibility index (Phi) is 11.5. The zero-order chi connectivity index (χ0) is 12.6. The molecule has 3 fully saturated rings. The van der Waals surface area contributed by atoms with Gasteiger partial charge >= 0.3 is 0 Å². The van der Waals surface area contributed by atoms with Crippen LogP contribution in [-0.2, 0) is 32.7 Å². The predicted molar refractivity (Wildman–Crippen MR) is 78.0 cm³/mol. The molecule has 1 heteroatoms. The van der Waals surface area contributed by atoms with E-state index in [1.165, 1.54) is 64.2 Å². The van der Waals surface area contributed by atoms with Crippen LogP contribution in [0.25, 0.3) is 0 Å². The van der Waals surface area contributed by atoms with Crippen molar-refractivity contribution in [3.05, 3.63) is 6.42 Å². The molecule has 105 valence electrons. The van der Waals surface area contributed by atoms with Gasteiger partial charge < -0.3 is 6.42 Å². The Morgan fingerprint density at radius 2 is 1.61 bits per heavy atom. The van der Waals surface area contributed by atoms with Gasteiger partial charge in [0.25, 0.3) is 0 Å². The topological polar surface area (TPSA) is 0 Å². The van der Waals surface area contributed by atoms with Crippen molar-refractivity contribution in [2.75, 3.05) is 0 Å². The summed E-state index contributed by atoms with van der Waals surface area (Å²) in [5.74, 6) is 1.15. The fraction of sp³-hybridized carbons (Fsp3) is 0.941. The van der Waals surface area contributed by atoms with E-state index in [4.69, 9.17) is 0 Å². The molecule has 0 spiro atoms. The van der Waals surface area contributed by atoms with Crippen molar-refractivity contribution in [3.63, 3.8) is 0 Å². The van der Waals surface area contributed by atoms with Crippen LogP contribution in [0.2, 0.25) is 0 Å². The molecule has 0 aromatic carbocycles. The molecule has 0 bridgehead atoms. The van der Waals surface area contributed by atoms with E-state index in [2.05, 4.69) is 27.2 Å². The molecule has 0 saturated heterocycles. The quantitative estimate of drug-likeness (QED) is 0.468. The average molecular weight is 326 g/mol. The van der Waals surface area contributed by atoms with E-state index in [0.717, 1.165) is 11.3 Å². The molecule has 2 unspecified atom stereocenters. The Morgan fingerprint density at radius 1 is 1.00 bits per heavy atom. The monoisotopic (exact) mass is 326 g/mol. The molecule has 0 aliphatic heterocycles. The Labute approximate surface area is 141 Å². The van der Waals surface area contributed by atoms with E-state index < -0.39 is 0 Å².